The first-order chi connectivity index (χ1) is 12.0. The van der Waals surface area contributed by atoms with Gasteiger partial charge in [-0.3, -0.25) is 9.69 Å². The van der Waals surface area contributed by atoms with Crippen molar-refractivity contribution in [1.29, 1.82) is 0 Å². The summed E-state index contributed by atoms with van der Waals surface area (Å²) in [5.74, 6) is 2.44. The average molecular weight is 348 g/mol. The first-order valence-corrected chi connectivity index (χ1v) is 9.79. The third-order valence-electron chi connectivity index (χ3n) is 5.70. The van der Waals surface area contributed by atoms with Crippen LogP contribution in [0.1, 0.15) is 62.9 Å². The van der Waals surface area contributed by atoms with Gasteiger partial charge in [0.2, 0.25) is 5.91 Å². The molecule has 2 atom stereocenters. The maximum atomic E-state index is 12.7. The summed E-state index contributed by atoms with van der Waals surface area (Å²) in [5.41, 5.74) is 0. The number of amides is 1. The van der Waals surface area contributed by atoms with E-state index >= 15 is 0 Å². The topological polar surface area (TPSA) is 56.9 Å². The van der Waals surface area contributed by atoms with Gasteiger partial charge in [0.25, 0.3) is 0 Å². The van der Waals surface area contributed by atoms with Gasteiger partial charge in [-0.15, -0.1) is 0 Å². The molecule has 5 nitrogen and oxygen atoms in total. The van der Waals surface area contributed by atoms with Crippen LogP contribution in [0.25, 0.3) is 0 Å². The van der Waals surface area contributed by atoms with Gasteiger partial charge >= 0.3 is 0 Å². The number of carbonyl (C=O) groups excluding carboxylic acids is 1. The van der Waals surface area contributed by atoms with Crippen molar-refractivity contribution in [2.45, 2.75) is 70.4 Å². The third-order valence-corrected chi connectivity index (χ3v) is 5.70. The Labute approximate surface area is 151 Å². The van der Waals surface area contributed by atoms with Crippen molar-refractivity contribution in [3.8, 4) is 0 Å². The fourth-order valence-electron chi connectivity index (χ4n) is 4.18. The number of rotatable bonds is 5. The number of aliphatic hydroxyl groups excluding tert-OH is 1. The zero-order valence-electron chi connectivity index (χ0n) is 15.6. The molecule has 0 aromatic carbocycles. The molecule has 0 radical (unpaired) electrons. The quantitative estimate of drug-likeness (QED) is 0.889. The molecule has 25 heavy (non-hydrogen) atoms. The molecule has 140 valence electrons. The summed E-state index contributed by atoms with van der Waals surface area (Å²) in [6.07, 6.45) is 6.34. The maximum Gasteiger partial charge on any atom is 0.237 e. The van der Waals surface area contributed by atoms with Crippen molar-refractivity contribution >= 4 is 5.91 Å². The van der Waals surface area contributed by atoms with E-state index in [9.17, 15) is 9.90 Å². The van der Waals surface area contributed by atoms with E-state index in [1.807, 2.05) is 24.0 Å². The van der Waals surface area contributed by atoms with E-state index in [4.69, 9.17) is 4.42 Å². The SMILES string of the molecule is Cc1ccc([C@H](C)CCN2CC(=O)N(C3CCCCC3)C[C@@H](O)C2)o1. The molecule has 0 bridgehead atoms. The van der Waals surface area contributed by atoms with Crippen molar-refractivity contribution in [2.75, 3.05) is 26.2 Å². The predicted octanol–water partition coefficient (Wildman–Crippen LogP) is 2.92. The Morgan fingerprint density at radius 1 is 1.24 bits per heavy atom. The number of hydrogen-bond acceptors (Lipinski definition) is 4. The summed E-state index contributed by atoms with van der Waals surface area (Å²) < 4.78 is 5.71. The van der Waals surface area contributed by atoms with Crippen LogP contribution in [0.4, 0.5) is 0 Å². The second kappa shape index (κ2) is 8.37. The van der Waals surface area contributed by atoms with E-state index in [1.165, 1.54) is 19.3 Å². The molecule has 3 rings (SSSR count). The van der Waals surface area contributed by atoms with Gasteiger partial charge in [-0.05, 0) is 44.9 Å². The lowest BCUT2D eigenvalue weighted by molar-refractivity contribution is -0.134. The molecule has 0 spiro atoms. The Morgan fingerprint density at radius 3 is 2.68 bits per heavy atom. The molecule has 2 heterocycles. The van der Waals surface area contributed by atoms with E-state index in [2.05, 4.69) is 11.8 Å². The van der Waals surface area contributed by atoms with Crippen LogP contribution in [0.5, 0.6) is 0 Å². The van der Waals surface area contributed by atoms with E-state index < -0.39 is 6.10 Å². The number of hydrogen-bond donors (Lipinski definition) is 1. The normalized spacial score (nSPS) is 25.2. The number of aliphatic hydroxyl groups is 1. The van der Waals surface area contributed by atoms with Gasteiger partial charge in [0, 0.05) is 25.0 Å². The van der Waals surface area contributed by atoms with Gasteiger partial charge in [0.05, 0.1) is 12.6 Å². The number of carbonyl (C=O) groups is 1. The van der Waals surface area contributed by atoms with Crippen LogP contribution in [0.15, 0.2) is 16.5 Å². The molecule has 1 saturated heterocycles. The summed E-state index contributed by atoms with van der Waals surface area (Å²) >= 11 is 0. The minimum Gasteiger partial charge on any atom is -0.466 e. The third kappa shape index (κ3) is 4.85. The second-order valence-electron chi connectivity index (χ2n) is 7.87. The second-order valence-corrected chi connectivity index (χ2v) is 7.87. The van der Waals surface area contributed by atoms with Crippen molar-refractivity contribution < 1.29 is 14.3 Å². The van der Waals surface area contributed by atoms with E-state index in [1.54, 1.807) is 0 Å². The summed E-state index contributed by atoms with van der Waals surface area (Å²) in [7, 11) is 0. The monoisotopic (exact) mass is 348 g/mol. The van der Waals surface area contributed by atoms with Gasteiger partial charge in [-0.2, -0.15) is 0 Å². The molecule has 1 aliphatic heterocycles. The van der Waals surface area contributed by atoms with Crippen molar-refractivity contribution in [3.63, 3.8) is 0 Å². The molecular formula is C20H32N2O3. The van der Waals surface area contributed by atoms with Gasteiger partial charge in [-0.25, -0.2) is 0 Å². The summed E-state index contributed by atoms with van der Waals surface area (Å²) in [6.45, 7) is 6.42. The fourth-order valence-corrected chi connectivity index (χ4v) is 4.18. The molecular weight excluding hydrogens is 316 g/mol. The zero-order chi connectivity index (χ0) is 17.8. The van der Waals surface area contributed by atoms with Crippen LogP contribution < -0.4 is 0 Å². The van der Waals surface area contributed by atoms with E-state index in [0.29, 0.717) is 31.6 Å². The molecule has 1 N–H and O–H groups in total. The fraction of sp³-hybridized carbons (Fsp3) is 0.750. The minimum absolute atomic E-state index is 0.185. The average Bonchev–Trinajstić information content (AvgIpc) is 2.98. The van der Waals surface area contributed by atoms with E-state index in [0.717, 1.165) is 37.3 Å². The lowest BCUT2D eigenvalue weighted by Crippen LogP contribution is -2.45. The first kappa shape index (κ1) is 18.5. The minimum atomic E-state index is -0.450. The lowest BCUT2D eigenvalue weighted by Gasteiger charge is -2.34. The Kier molecular flexibility index (Phi) is 6.18. The van der Waals surface area contributed by atoms with Crippen molar-refractivity contribution in [3.05, 3.63) is 23.7 Å². The Balaban J connectivity index is 1.55. The van der Waals surface area contributed by atoms with Gasteiger partial charge in [-0.1, -0.05) is 26.2 Å². The number of furan rings is 1. The molecule has 1 amide bonds. The molecule has 0 unspecified atom stereocenters. The predicted molar refractivity (Wildman–Crippen MR) is 97.5 cm³/mol. The standard InChI is InChI=1S/C20H32N2O3/c1-15(19-9-8-16(2)25-19)10-11-21-12-18(23)13-22(20(24)14-21)17-6-4-3-5-7-17/h8-9,15,17-18,23H,3-7,10-14H2,1-2H3/t15-,18+/m1/s1. The highest BCUT2D eigenvalue weighted by atomic mass is 16.3. The molecule has 1 aromatic rings. The zero-order valence-corrected chi connectivity index (χ0v) is 15.6. The molecule has 5 heteroatoms. The van der Waals surface area contributed by atoms with Crippen LogP contribution in [-0.4, -0.2) is 59.1 Å². The molecule has 1 aromatic heterocycles. The molecule has 2 aliphatic rings. The van der Waals surface area contributed by atoms with E-state index in [-0.39, 0.29) is 5.91 Å². The molecule has 2 fully saturated rings. The number of aryl methyl sites for hydroxylation is 1. The van der Waals surface area contributed by atoms with Gasteiger partial charge in [0.1, 0.15) is 11.5 Å². The Bertz CT molecular complexity index is 565. The summed E-state index contributed by atoms with van der Waals surface area (Å²) in [4.78, 5) is 16.8. The van der Waals surface area contributed by atoms with Crippen LogP contribution in [0.2, 0.25) is 0 Å². The summed E-state index contributed by atoms with van der Waals surface area (Å²) in [6, 6.07) is 4.36. The van der Waals surface area contributed by atoms with Crippen molar-refractivity contribution in [2.24, 2.45) is 0 Å². The number of nitrogens with zero attached hydrogens (tertiary/aromatic N) is 2. The highest BCUT2D eigenvalue weighted by Crippen LogP contribution is 2.25. The highest BCUT2D eigenvalue weighted by Gasteiger charge is 2.32. The lowest BCUT2D eigenvalue weighted by atomic mass is 9.94. The van der Waals surface area contributed by atoms with Gasteiger partial charge < -0.3 is 14.4 Å². The maximum absolute atomic E-state index is 12.7. The van der Waals surface area contributed by atoms with Crippen LogP contribution in [0, 0.1) is 6.92 Å². The summed E-state index contributed by atoms with van der Waals surface area (Å²) in [5, 5.41) is 10.4. The first-order valence-electron chi connectivity index (χ1n) is 9.79. The highest BCUT2D eigenvalue weighted by molar-refractivity contribution is 5.79. The largest absolute Gasteiger partial charge is 0.466 e. The molecule has 1 saturated carbocycles. The van der Waals surface area contributed by atoms with Crippen LogP contribution in [0.3, 0.4) is 0 Å². The Morgan fingerprint density at radius 2 is 2.00 bits per heavy atom. The smallest absolute Gasteiger partial charge is 0.237 e. The van der Waals surface area contributed by atoms with Gasteiger partial charge in [0.15, 0.2) is 0 Å². The Hall–Kier alpha value is -1.33. The van der Waals surface area contributed by atoms with Crippen molar-refractivity contribution in [1.82, 2.24) is 9.80 Å². The number of β-amino-alcohol motifs (C(OH)–C–C–N with tert-alkyl or cyclic N) is 1. The van der Waals surface area contributed by atoms with Crippen LogP contribution >= 0.6 is 0 Å². The molecule has 1 aliphatic carbocycles. The van der Waals surface area contributed by atoms with Crippen LogP contribution in [-0.2, 0) is 4.79 Å².